The first-order chi connectivity index (χ1) is 10.1. The molecule has 0 aromatic carbocycles. The molecule has 1 saturated heterocycles. The number of hydrogen-bond acceptors (Lipinski definition) is 5. The minimum atomic E-state index is -0.248. The van der Waals surface area contributed by atoms with Crippen LogP contribution in [-0.4, -0.2) is 66.3 Å². The molecule has 2 rings (SSSR count). The summed E-state index contributed by atoms with van der Waals surface area (Å²) in [6, 6.07) is 1.77. The zero-order chi connectivity index (χ0) is 15.2. The Morgan fingerprint density at radius 1 is 1.43 bits per heavy atom. The topological polar surface area (TPSA) is 73.6 Å². The van der Waals surface area contributed by atoms with Crippen molar-refractivity contribution in [2.75, 3.05) is 44.6 Å². The average Bonchev–Trinajstić information content (AvgIpc) is 2.90. The molecule has 0 spiro atoms. The van der Waals surface area contributed by atoms with Gasteiger partial charge in [-0.05, 0) is 20.4 Å². The van der Waals surface area contributed by atoms with Crippen molar-refractivity contribution in [1.82, 2.24) is 20.3 Å². The number of likely N-dealkylation sites (N-methyl/N-ethyl adjacent to an activating group) is 1. The Labute approximate surface area is 125 Å². The van der Waals surface area contributed by atoms with Gasteiger partial charge in [-0.1, -0.05) is 12.1 Å². The molecule has 2 heterocycles. The van der Waals surface area contributed by atoms with E-state index >= 15 is 0 Å². The summed E-state index contributed by atoms with van der Waals surface area (Å²) in [5.74, 6) is 1.11. The van der Waals surface area contributed by atoms with Crippen LogP contribution in [0.3, 0.4) is 0 Å². The van der Waals surface area contributed by atoms with Crippen molar-refractivity contribution in [2.45, 2.75) is 26.8 Å². The molecule has 118 valence electrons. The van der Waals surface area contributed by atoms with E-state index in [-0.39, 0.29) is 6.03 Å². The van der Waals surface area contributed by atoms with E-state index in [1.165, 1.54) is 0 Å². The largest absolute Gasteiger partial charge is 0.360 e. The van der Waals surface area contributed by atoms with E-state index in [0.29, 0.717) is 24.2 Å². The summed E-state index contributed by atoms with van der Waals surface area (Å²) < 4.78 is 4.90. The van der Waals surface area contributed by atoms with Crippen molar-refractivity contribution in [3.05, 3.63) is 11.8 Å². The minimum Gasteiger partial charge on any atom is -0.360 e. The predicted molar refractivity (Wildman–Crippen MR) is 81.4 cm³/mol. The van der Waals surface area contributed by atoms with Gasteiger partial charge in [-0.2, -0.15) is 0 Å². The van der Waals surface area contributed by atoms with Gasteiger partial charge in [-0.15, -0.1) is 0 Å². The van der Waals surface area contributed by atoms with E-state index in [1.807, 2.05) is 0 Å². The fourth-order valence-corrected chi connectivity index (χ4v) is 2.48. The Hall–Kier alpha value is -1.60. The third kappa shape index (κ3) is 4.71. The van der Waals surface area contributed by atoms with Crippen LogP contribution in [0.4, 0.5) is 10.6 Å². The van der Waals surface area contributed by atoms with Gasteiger partial charge in [0.2, 0.25) is 0 Å². The molecule has 1 aromatic heterocycles. The summed E-state index contributed by atoms with van der Waals surface area (Å²) in [4.78, 5) is 16.6. The van der Waals surface area contributed by atoms with Gasteiger partial charge < -0.3 is 14.7 Å². The smallest absolute Gasteiger partial charge is 0.320 e. The van der Waals surface area contributed by atoms with E-state index in [4.69, 9.17) is 4.52 Å². The highest BCUT2D eigenvalue weighted by molar-refractivity contribution is 5.88. The van der Waals surface area contributed by atoms with Gasteiger partial charge in [0.25, 0.3) is 0 Å². The molecule has 0 radical (unpaired) electrons. The molecule has 21 heavy (non-hydrogen) atoms. The third-order valence-corrected chi connectivity index (χ3v) is 3.91. The summed E-state index contributed by atoms with van der Waals surface area (Å²) in [5.41, 5.74) is 0. The molecule has 0 unspecified atom stereocenters. The number of anilines is 1. The lowest BCUT2D eigenvalue weighted by Gasteiger charge is -2.37. The van der Waals surface area contributed by atoms with E-state index in [1.54, 1.807) is 13.0 Å². The Morgan fingerprint density at radius 2 is 2.14 bits per heavy atom. The Balaban J connectivity index is 1.68. The van der Waals surface area contributed by atoms with Crippen LogP contribution < -0.4 is 10.6 Å². The molecule has 2 N–H and O–H groups in total. The van der Waals surface area contributed by atoms with E-state index < -0.39 is 0 Å². The number of hydrogen-bond donors (Lipinski definition) is 2. The molecular formula is C14H25N5O2. The molecule has 1 aliphatic heterocycles. The number of nitrogens with one attached hydrogen (secondary N) is 2. The van der Waals surface area contributed by atoms with Gasteiger partial charge in [0.05, 0.1) is 0 Å². The fraction of sp³-hybridized carbons (Fsp3) is 0.714. The number of urea groups is 1. The molecule has 7 nitrogen and oxygen atoms in total. The van der Waals surface area contributed by atoms with E-state index in [0.717, 1.165) is 32.7 Å². The van der Waals surface area contributed by atoms with Crippen LogP contribution in [0.5, 0.6) is 0 Å². The lowest BCUT2D eigenvalue weighted by molar-refractivity contribution is 0.106. The SMILES string of the molecule is CCN1CCN([C@@H](C)CNC(=O)Nc2cc(C)on2)CC1. The summed E-state index contributed by atoms with van der Waals surface area (Å²) in [6.07, 6.45) is 0. The maximum Gasteiger partial charge on any atom is 0.320 e. The van der Waals surface area contributed by atoms with Crippen molar-refractivity contribution in [1.29, 1.82) is 0 Å². The van der Waals surface area contributed by atoms with Crippen LogP contribution in [0.15, 0.2) is 10.6 Å². The molecule has 1 fully saturated rings. The number of aromatic nitrogens is 1. The van der Waals surface area contributed by atoms with Crippen LogP contribution in [0, 0.1) is 6.92 Å². The number of carbonyl (C=O) groups excluding carboxylic acids is 1. The summed E-state index contributed by atoms with van der Waals surface area (Å²) in [6.45, 7) is 12.2. The van der Waals surface area contributed by atoms with Crippen molar-refractivity contribution in [2.24, 2.45) is 0 Å². The Bertz CT molecular complexity index is 454. The highest BCUT2D eigenvalue weighted by atomic mass is 16.5. The zero-order valence-corrected chi connectivity index (χ0v) is 13.1. The average molecular weight is 295 g/mol. The van der Waals surface area contributed by atoms with Gasteiger partial charge in [-0.3, -0.25) is 10.2 Å². The van der Waals surface area contributed by atoms with Crippen molar-refractivity contribution < 1.29 is 9.32 Å². The first kappa shape index (κ1) is 15.8. The van der Waals surface area contributed by atoms with Crippen LogP contribution in [0.1, 0.15) is 19.6 Å². The number of rotatable bonds is 5. The van der Waals surface area contributed by atoms with Gasteiger partial charge in [0.1, 0.15) is 5.76 Å². The first-order valence-corrected chi connectivity index (χ1v) is 7.53. The van der Waals surface area contributed by atoms with Gasteiger partial charge in [0.15, 0.2) is 5.82 Å². The quantitative estimate of drug-likeness (QED) is 0.852. The molecule has 7 heteroatoms. The summed E-state index contributed by atoms with van der Waals surface area (Å²) in [7, 11) is 0. The monoisotopic (exact) mass is 295 g/mol. The fourth-order valence-electron chi connectivity index (χ4n) is 2.48. The Kier molecular flexibility index (Phi) is 5.58. The molecule has 2 amide bonds. The van der Waals surface area contributed by atoms with E-state index in [9.17, 15) is 4.79 Å². The van der Waals surface area contributed by atoms with Crippen molar-refractivity contribution in [3.63, 3.8) is 0 Å². The van der Waals surface area contributed by atoms with Gasteiger partial charge >= 0.3 is 6.03 Å². The van der Waals surface area contributed by atoms with Gasteiger partial charge in [-0.25, -0.2) is 4.79 Å². The second-order valence-corrected chi connectivity index (χ2v) is 5.48. The van der Waals surface area contributed by atoms with Crippen LogP contribution >= 0.6 is 0 Å². The lowest BCUT2D eigenvalue weighted by Crippen LogP contribution is -2.52. The highest BCUT2D eigenvalue weighted by Crippen LogP contribution is 2.07. The van der Waals surface area contributed by atoms with Crippen molar-refractivity contribution >= 4 is 11.8 Å². The zero-order valence-electron chi connectivity index (χ0n) is 13.1. The number of piperazine rings is 1. The molecule has 1 atom stereocenters. The normalized spacial score (nSPS) is 18.4. The van der Waals surface area contributed by atoms with E-state index in [2.05, 4.69) is 39.4 Å². The lowest BCUT2D eigenvalue weighted by atomic mass is 10.2. The third-order valence-electron chi connectivity index (χ3n) is 3.91. The molecule has 0 saturated carbocycles. The van der Waals surface area contributed by atoms with Gasteiger partial charge in [0, 0.05) is 44.8 Å². The van der Waals surface area contributed by atoms with Crippen LogP contribution in [-0.2, 0) is 0 Å². The Morgan fingerprint density at radius 3 is 2.71 bits per heavy atom. The number of nitrogens with zero attached hydrogens (tertiary/aromatic N) is 3. The molecule has 0 aliphatic carbocycles. The molecule has 0 bridgehead atoms. The number of aryl methyl sites for hydroxylation is 1. The standard InChI is InChI=1S/C14H25N5O2/c1-4-18-5-7-19(8-6-18)11(2)10-15-14(20)16-13-9-12(3)21-17-13/h9,11H,4-8,10H2,1-3H3,(H2,15,16,17,20)/t11-/m0/s1. The van der Waals surface area contributed by atoms with Crippen LogP contribution in [0.2, 0.25) is 0 Å². The maximum absolute atomic E-state index is 11.8. The second kappa shape index (κ2) is 7.42. The minimum absolute atomic E-state index is 0.248. The molecule has 1 aliphatic rings. The predicted octanol–water partition coefficient (Wildman–Crippen LogP) is 1.13. The number of amides is 2. The summed E-state index contributed by atoms with van der Waals surface area (Å²) in [5, 5.41) is 9.26. The first-order valence-electron chi connectivity index (χ1n) is 7.53. The number of carbonyl (C=O) groups is 1. The van der Waals surface area contributed by atoms with Crippen LogP contribution in [0.25, 0.3) is 0 Å². The molecular weight excluding hydrogens is 270 g/mol. The van der Waals surface area contributed by atoms with Crippen molar-refractivity contribution in [3.8, 4) is 0 Å². The highest BCUT2D eigenvalue weighted by Gasteiger charge is 2.20. The molecule has 1 aromatic rings. The summed E-state index contributed by atoms with van der Waals surface area (Å²) >= 11 is 0. The second-order valence-electron chi connectivity index (χ2n) is 5.48. The maximum atomic E-state index is 11.8.